The second-order valence-electron chi connectivity index (χ2n) is 11.5. The van der Waals surface area contributed by atoms with Gasteiger partial charge >= 0.3 is 0 Å². The van der Waals surface area contributed by atoms with Crippen LogP contribution in [0.3, 0.4) is 0 Å². The van der Waals surface area contributed by atoms with Gasteiger partial charge in [-0.15, -0.1) is 0 Å². The number of imidazole rings is 1. The second-order valence-corrected chi connectivity index (χ2v) is 11.5. The average molecular weight is 593 g/mol. The fraction of sp³-hybridized carbons (Fsp3) is 0.154. The van der Waals surface area contributed by atoms with E-state index in [1.807, 2.05) is 81.0 Å². The Balaban J connectivity index is 1.48. The Morgan fingerprint density at radius 2 is 1.24 bits per heavy atom. The molecule has 0 bridgehead atoms. The van der Waals surface area contributed by atoms with Gasteiger partial charge in [0.15, 0.2) is 0 Å². The fourth-order valence-corrected chi connectivity index (χ4v) is 6.21. The monoisotopic (exact) mass is 592 g/mol. The number of hydrogen-bond donors (Lipinski definition) is 2. The minimum absolute atomic E-state index is 0.194. The number of pyridine rings is 1. The molecule has 0 saturated heterocycles. The first-order chi connectivity index (χ1) is 21.9. The number of benzene rings is 4. The zero-order valence-electron chi connectivity index (χ0n) is 25.6. The van der Waals surface area contributed by atoms with Crippen molar-refractivity contribution in [3.63, 3.8) is 0 Å². The van der Waals surface area contributed by atoms with Crippen molar-refractivity contribution in [3.05, 3.63) is 180 Å². The van der Waals surface area contributed by atoms with E-state index in [0.717, 1.165) is 27.8 Å². The number of nitrogens with zero attached hydrogens (tertiary/aromatic N) is 3. The summed E-state index contributed by atoms with van der Waals surface area (Å²) < 4.78 is 2.12. The lowest BCUT2D eigenvalue weighted by atomic mass is 9.76. The van der Waals surface area contributed by atoms with Crippen molar-refractivity contribution in [1.82, 2.24) is 19.9 Å². The lowest BCUT2D eigenvalue weighted by Crippen LogP contribution is -2.37. The van der Waals surface area contributed by atoms with Gasteiger partial charge in [0.1, 0.15) is 16.8 Å². The normalized spacial score (nSPS) is 12.9. The minimum Gasteiger partial charge on any atom is -0.378 e. The number of aromatic nitrogens is 3. The number of nitrogens with one attached hydrogen (secondary N) is 1. The van der Waals surface area contributed by atoms with Crippen LogP contribution in [0.1, 0.15) is 52.3 Å². The summed E-state index contributed by atoms with van der Waals surface area (Å²) in [5, 5.41) is 15.1. The van der Waals surface area contributed by atoms with E-state index in [9.17, 15) is 9.90 Å². The summed E-state index contributed by atoms with van der Waals surface area (Å²) in [5.74, 6) is -0.434. The quantitative estimate of drug-likeness (QED) is 0.177. The lowest BCUT2D eigenvalue weighted by molar-refractivity contribution is 0.0278. The van der Waals surface area contributed by atoms with Crippen molar-refractivity contribution >= 4 is 5.91 Å². The van der Waals surface area contributed by atoms with Crippen molar-refractivity contribution in [2.45, 2.75) is 25.0 Å². The standard InChI is InChI=1S/C39H36N4O2/c1-28(2)39(45,33-24-22-29(23-25-33)34-20-13-21-35(42-34)37(44)40-3)36-26-43(27-41-36)38(30-14-7-4-8-15-30,31-16-9-5-10-17-31)32-18-11-6-12-19-32/h4-28,45H,1-3H3,(H,40,44). The van der Waals surface area contributed by atoms with Crippen LogP contribution in [-0.4, -0.2) is 32.6 Å². The molecule has 4 aromatic carbocycles. The van der Waals surface area contributed by atoms with Crippen LogP contribution in [0.5, 0.6) is 0 Å². The molecule has 6 rings (SSSR count). The first-order valence-corrected chi connectivity index (χ1v) is 15.1. The summed E-state index contributed by atoms with van der Waals surface area (Å²) in [5.41, 5.74) is 4.27. The van der Waals surface area contributed by atoms with Gasteiger partial charge in [-0.3, -0.25) is 4.79 Å². The van der Waals surface area contributed by atoms with E-state index in [1.54, 1.807) is 13.1 Å². The number of carbonyl (C=O) groups excluding carboxylic acids is 1. The van der Waals surface area contributed by atoms with E-state index in [-0.39, 0.29) is 11.8 Å². The van der Waals surface area contributed by atoms with Crippen molar-refractivity contribution in [3.8, 4) is 11.3 Å². The summed E-state index contributed by atoms with van der Waals surface area (Å²) in [4.78, 5) is 21.6. The summed E-state index contributed by atoms with van der Waals surface area (Å²) in [6.45, 7) is 4.00. The molecule has 0 aliphatic heterocycles. The topological polar surface area (TPSA) is 80.0 Å². The van der Waals surface area contributed by atoms with E-state index in [2.05, 4.69) is 87.7 Å². The molecule has 1 amide bonds. The number of carbonyl (C=O) groups is 1. The van der Waals surface area contributed by atoms with Crippen LogP contribution in [0.25, 0.3) is 11.3 Å². The second kappa shape index (κ2) is 12.3. The van der Waals surface area contributed by atoms with E-state index in [1.165, 1.54) is 0 Å². The van der Waals surface area contributed by atoms with Crippen molar-refractivity contribution in [2.75, 3.05) is 7.05 Å². The molecule has 224 valence electrons. The highest BCUT2D eigenvalue weighted by Crippen LogP contribution is 2.43. The molecule has 0 aliphatic rings. The maximum atomic E-state index is 12.5. The van der Waals surface area contributed by atoms with E-state index in [0.29, 0.717) is 17.1 Å². The van der Waals surface area contributed by atoms with Crippen LogP contribution in [-0.2, 0) is 11.1 Å². The molecule has 2 heterocycles. The van der Waals surface area contributed by atoms with Gasteiger partial charge in [0, 0.05) is 18.8 Å². The SMILES string of the molecule is CNC(=O)c1cccc(-c2ccc(C(O)(c3cn(C(c4ccccc4)(c4ccccc4)c4ccccc4)cn3)C(C)C)cc2)n1. The Labute approximate surface area is 264 Å². The summed E-state index contributed by atoms with van der Waals surface area (Å²) in [6.07, 6.45) is 3.81. The number of aliphatic hydroxyl groups is 1. The zero-order chi connectivity index (χ0) is 31.4. The Bertz CT molecular complexity index is 1790. The predicted octanol–water partition coefficient (Wildman–Crippen LogP) is 7.04. The molecule has 0 aliphatic carbocycles. The Morgan fingerprint density at radius 1 is 0.711 bits per heavy atom. The minimum atomic E-state index is -1.38. The molecule has 0 saturated carbocycles. The molecule has 0 fully saturated rings. The largest absolute Gasteiger partial charge is 0.378 e. The van der Waals surface area contributed by atoms with E-state index in [4.69, 9.17) is 4.98 Å². The van der Waals surface area contributed by atoms with Crippen molar-refractivity contribution in [2.24, 2.45) is 5.92 Å². The number of amides is 1. The van der Waals surface area contributed by atoms with Crippen LogP contribution in [0.2, 0.25) is 0 Å². The molecular formula is C39H36N4O2. The highest BCUT2D eigenvalue weighted by molar-refractivity contribution is 5.92. The molecule has 2 aromatic heterocycles. The summed E-state index contributed by atoms with van der Waals surface area (Å²) >= 11 is 0. The van der Waals surface area contributed by atoms with Gasteiger partial charge in [-0.05, 0) is 40.3 Å². The third-order valence-corrected chi connectivity index (χ3v) is 8.60. The molecule has 1 atom stereocenters. The van der Waals surface area contributed by atoms with Gasteiger partial charge in [-0.2, -0.15) is 0 Å². The van der Waals surface area contributed by atoms with Gasteiger partial charge in [-0.25, -0.2) is 9.97 Å². The van der Waals surface area contributed by atoms with Crippen LogP contribution in [0.15, 0.2) is 146 Å². The predicted molar refractivity (Wildman–Crippen MR) is 178 cm³/mol. The maximum Gasteiger partial charge on any atom is 0.269 e. The smallest absolute Gasteiger partial charge is 0.269 e. The van der Waals surface area contributed by atoms with Crippen LogP contribution < -0.4 is 5.32 Å². The molecule has 45 heavy (non-hydrogen) atoms. The van der Waals surface area contributed by atoms with Gasteiger partial charge in [0.25, 0.3) is 5.91 Å². The fourth-order valence-electron chi connectivity index (χ4n) is 6.21. The molecule has 2 N–H and O–H groups in total. The molecule has 6 aromatic rings. The number of rotatable bonds is 9. The van der Waals surface area contributed by atoms with Gasteiger partial charge < -0.3 is 15.0 Å². The van der Waals surface area contributed by atoms with Crippen molar-refractivity contribution in [1.29, 1.82) is 0 Å². The Morgan fingerprint density at radius 3 is 1.73 bits per heavy atom. The molecule has 0 spiro atoms. The van der Waals surface area contributed by atoms with Gasteiger partial charge in [0.2, 0.25) is 0 Å². The Hall–Kier alpha value is -5.33. The van der Waals surface area contributed by atoms with E-state index >= 15 is 0 Å². The maximum absolute atomic E-state index is 12.5. The molecule has 6 heteroatoms. The number of hydrogen-bond acceptors (Lipinski definition) is 4. The molecule has 6 nitrogen and oxygen atoms in total. The summed E-state index contributed by atoms with van der Waals surface area (Å²) in [7, 11) is 1.59. The van der Waals surface area contributed by atoms with Crippen LogP contribution in [0, 0.1) is 5.92 Å². The van der Waals surface area contributed by atoms with Gasteiger partial charge in [0.05, 0.1) is 17.7 Å². The first kappa shape index (κ1) is 29.7. The van der Waals surface area contributed by atoms with E-state index < -0.39 is 11.1 Å². The highest BCUT2D eigenvalue weighted by Gasteiger charge is 2.42. The van der Waals surface area contributed by atoms with Crippen molar-refractivity contribution < 1.29 is 9.90 Å². The molecule has 0 radical (unpaired) electrons. The zero-order valence-corrected chi connectivity index (χ0v) is 25.6. The van der Waals surface area contributed by atoms with Crippen LogP contribution in [0.4, 0.5) is 0 Å². The third-order valence-electron chi connectivity index (χ3n) is 8.60. The molecular weight excluding hydrogens is 556 g/mol. The third kappa shape index (κ3) is 5.23. The Kier molecular flexibility index (Phi) is 8.16. The lowest BCUT2D eigenvalue weighted by Gasteiger charge is -2.37. The summed E-state index contributed by atoms with van der Waals surface area (Å²) in [6, 6.07) is 44.3. The average Bonchev–Trinajstić information content (AvgIpc) is 3.60. The van der Waals surface area contributed by atoms with Crippen LogP contribution >= 0.6 is 0 Å². The first-order valence-electron chi connectivity index (χ1n) is 15.1. The highest BCUT2D eigenvalue weighted by atomic mass is 16.3. The molecule has 1 unspecified atom stereocenters. The van der Waals surface area contributed by atoms with Gasteiger partial charge in [-0.1, -0.05) is 135 Å².